The van der Waals surface area contributed by atoms with Crippen LogP contribution in [0.15, 0.2) is 41.3 Å². The topological polar surface area (TPSA) is 55.2 Å². The first kappa shape index (κ1) is 16.9. The Morgan fingerprint density at radius 2 is 1.92 bits per heavy atom. The van der Waals surface area contributed by atoms with E-state index in [9.17, 15) is 14.0 Å². The van der Waals surface area contributed by atoms with Gasteiger partial charge in [0.1, 0.15) is 5.82 Å². The van der Waals surface area contributed by atoms with E-state index in [0.717, 1.165) is 24.0 Å². The predicted octanol–water partition coefficient (Wildman–Crippen LogP) is 2.67. The number of carbonyl (C=O) groups excluding carboxylic acids is 1. The van der Waals surface area contributed by atoms with E-state index in [1.807, 2.05) is 12.1 Å². The van der Waals surface area contributed by atoms with Gasteiger partial charge in [-0.15, -0.1) is 0 Å². The quantitative estimate of drug-likeness (QED) is 0.847. The number of piperidine rings is 1. The fourth-order valence-corrected chi connectivity index (χ4v) is 3.70. The van der Waals surface area contributed by atoms with Gasteiger partial charge in [-0.2, -0.15) is 5.10 Å². The van der Waals surface area contributed by atoms with Crippen LogP contribution < -0.4 is 5.56 Å². The molecule has 4 rings (SSSR count). The Morgan fingerprint density at radius 1 is 1.15 bits per heavy atom. The van der Waals surface area contributed by atoms with E-state index in [1.165, 1.54) is 16.8 Å². The third-order valence-corrected chi connectivity index (χ3v) is 5.34. The molecular formula is C20H22FN3O2. The van der Waals surface area contributed by atoms with Crippen LogP contribution in [0.5, 0.6) is 0 Å². The summed E-state index contributed by atoms with van der Waals surface area (Å²) in [5.41, 5.74) is 1.39. The molecule has 2 fully saturated rings. The summed E-state index contributed by atoms with van der Waals surface area (Å²) in [6, 6.07) is 8.37. The molecule has 2 aromatic rings. The van der Waals surface area contributed by atoms with Gasteiger partial charge in [-0.05, 0) is 54.9 Å². The molecule has 6 heteroatoms. The van der Waals surface area contributed by atoms with Crippen LogP contribution in [-0.2, 0) is 11.2 Å². The third kappa shape index (κ3) is 3.54. The van der Waals surface area contributed by atoms with Crippen molar-refractivity contribution < 1.29 is 9.18 Å². The van der Waals surface area contributed by atoms with Gasteiger partial charge in [-0.25, -0.2) is 9.07 Å². The lowest BCUT2D eigenvalue weighted by molar-refractivity contribution is -0.131. The molecule has 1 saturated carbocycles. The van der Waals surface area contributed by atoms with Crippen LogP contribution in [0.1, 0.15) is 48.8 Å². The average molecular weight is 355 g/mol. The van der Waals surface area contributed by atoms with Gasteiger partial charge in [-0.3, -0.25) is 9.59 Å². The molecule has 1 aromatic heterocycles. The summed E-state index contributed by atoms with van der Waals surface area (Å²) in [6.07, 6.45) is 5.36. The van der Waals surface area contributed by atoms with Gasteiger partial charge in [0.05, 0.1) is 12.5 Å². The highest BCUT2D eigenvalue weighted by atomic mass is 19.1. The molecule has 5 nitrogen and oxygen atoms in total. The number of rotatable bonds is 4. The molecule has 1 aliphatic carbocycles. The number of halogens is 1. The van der Waals surface area contributed by atoms with Crippen LogP contribution in [-0.4, -0.2) is 33.7 Å². The number of hydrogen-bond acceptors (Lipinski definition) is 3. The molecule has 1 amide bonds. The minimum Gasteiger partial charge on any atom is -0.342 e. The maximum Gasteiger partial charge on any atom is 0.266 e. The zero-order valence-corrected chi connectivity index (χ0v) is 14.6. The Kier molecular flexibility index (Phi) is 4.57. The number of amides is 1. The molecule has 0 spiro atoms. The standard InChI is InChI=1S/C20H22FN3O2/c21-18-12-14(3-6-17(18)15-4-5-15)13-20(26)23-10-7-16(8-11-23)24-19(25)2-1-9-22-24/h1-3,6,9,12,15-16H,4-5,7-8,10-11,13H2. The molecule has 1 aliphatic heterocycles. The van der Waals surface area contributed by atoms with Gasteiger partial charge >= 0.3 is 0 Å². The summed E-state index contributed by atoms with van der Waals surface area (Å²) < 4.78 is 15.7. The second-order valence-corrected chi connectivity index (χ2v) is 7.23. The number of aromatic nitrogens is 2. The van der Waals surface area contributed by atoms with Crippen LogP contribution in [0.4, 0.5) is 4.39 Å². The Morgan fingerprint density at radius 3 is 2.58 bits per heavy atom. The summed E-state index contributed by atoms with van der Waals surface area (Å²) in [4.78, 5) is 26.2. The first-order valence-corrected chi connectivity index (χ1v) is 9.22. The van der Waals surface area contributed by atoms with Crippen molar-refractivity contribution >= 4 is 5.91 Å². The van der Waals surface area contributed by atoms with Gasteiger partial charge in [0.25, 0.3) is 5.56 Å². The maximum absolute atomic E-state index is 14.1. The Balaban J connectivity index is 1.36. The van der Waals surface area contributed by atoms with Crippen molar-refractivity contribution in [2.75, 3.05) is 13.1 Å². The SMILES string of the molecule is O=C(Cc1ccc(C2CC2)c(F)c1)N1CCC(n2ncccc2=O)CC1. The molecule has 2 heterocycles. The number of benzene rings is 1. The van der Waals surface area contributed by atoms with Crippen molar-refractivity contribution in [3.8, 4) is 0 Å². The maximum atomic E-state index is 14.1. The van der Waals surface area contributed by atoms with Crippen molar-refractivity contribution in [1.82, 2.24) is 14.7 Å². The number of carbonyl (C=O) groups is 1. The molecule has 0 unspecified atom stereocenters. The van der Waals surface area contributed by atoms with Gasteiger partial charge in [-0.1, -0.05) is 12.1 Å². The molecule has 1 saturated heterocycles. The van der Waals surface area contributed by atoms with Gasteiger partial charge in [0.15, 0.2) is 0 Å². The van der Waals surface area contributed by atoms with E-state index in [1.54, 1.807) is 17.2 Å². The summed E-state index contributed by atoms with van der Waals surface area (Å²) in [7, 11) is 0. The molecule has 0 radical (unpaired) electrons. The Bertz CT molecular complexity index is 867. The summed E-state index contributed by atoms with van der Waals surface area (Å²) in [5.74, 6) is 0.190. The first-order chi connectivity index (χ1) is 12.6. The zero-order chi connectivity index (χ0) is 18.1. The van der Waals surface area contributed by atoms with E-state index in [2.05, 4.69) is 5.10 Å². The fraction of sp³-hybridized carbons (Fsp3) is 0.450. The number of hydrogen-bond donors (Lipinski definition) is 0. The predicted molar refractivity (Wildman–Crippen MR) is 95.4 cm³/mol. The summed E-state index contributed by atoms with van der Waals surface area (Å²) >= 11 is 0. The first-order valence-electron chi connectivity index (χ1n) is 9.22. The van der Waals surface area contributed by atoms with Crippen molar-refractivity contribution in [3.63, 3.8) is 0 Å². The molecule has 0 bridgehead atoms. The average Bonchev–Trinajstić information content (AvgIpc) is 3.47. The van der Waals surface area contributed by atoms with Crippen LogP contribution in [0, 0.1) is 5.82 Å². The van der Waals surface area contributed by atoms with E-state index < -0.39 is 0 Å². The highest BCUT2D eigenvalue weighted by Crippen LogP contribution is 2.41. The van der Waals surface area contributed by atoms with Gasteiger partial charge in [0, 0.05) is 25.4 Å². The van der Waals surface area contributed by atoms with Gasteiger partial charge in [0.2, 0.25) is 5.91 Å². The van der Waals surface area contributed by atoms with Crippen LogP contribution in [0.25, 0.3) is 0 Å². The summed E-state index contributed by atoms with van der Waals surface area (Å²) in [5, 5.41) is 4.14. The van der Waals surface area contributed by atoms with Crippen LogP contribution in [0.3, 0.4) is 0 Å². The lowest BCUT2D eigenvalue weighted by atomic mass is 10.0. The Hall–Kier alpha value is -2.50. The van der Waals surface area contributed by atoms with Crippen molar-refractivity contribution in [2.24, 2.45) is 0 Å². The van der Waals surface area contributed by atoms with Crippen LogP contribution >= 0.6 is 0 Å². The number of likely N-dealkylation sites (tertiary alicyclic amines) is 1. The molecule has 136 valence electrons. The smallest absolute Gasteiger partial charge is 0.266 e. The largest absolute Gasteiger partial charge is 0.342 e. The van der Waals surface area contributed by atoms with E-state index >= 15 is 0 Å². The molecular weight excluding hydrogens is 333 g/mol. The van der Waals surface area contributed by atoms with Crippen molar-refractivity contribution in [2.45, 2.75) is 44.1 Å². The van der Waals surface area contributed by atoms with Gasteiger partial charge < -0.3 is 4.90 Å². The lowest BCUT2D eigenvalue weighted by Gasteiger charge is -2.32. The molecule has 26 heavy (non-hydrogen) atoms. The van der Waals surface area contributed by atoms with E-state index in [-0.39, 0.29) is 29.7 Å². The Labute approximate surface area is 151 Å². The fourth-order valence-electron chi connectivity index (χ4n) is 3.70. The minimum absolute atomic E-state index is 0.00962. The highest BCUT2D eigenvalue weighted by molar-refractivity contribution is 5.78. The van der Waals surface area contributed by atoms with Crippen LogP contribution in [0.2, 0.25) is 0 Å². The molecule has 2 aliphatic rings. The lowest BCUT2D eigenvalue weighted by Crippen LogP contribution is -2.41. The number of nitrogens with zero attached hydrogens (tertiary/aromatic N) is 3. The van der Waals surface area contributed by atoms with Crippen molar-refractivity contribution in [3.05, 3.63) is 63.8 Å². The third-order valence-electron chi connectivity index (χ3n) is 5.34. The molecule has 0 atom stereocenters. The van der Waals surface area contributed by atoms with Crippen molar-refractivity contribution in [1.29, 1.82) is 0 Å². The summed E-state index contributed by atoms with van der Waals surface area (Å²) in [6.45, 7) is 1.18. The molecule has 1 aromatic carbocycles. The van der Waals surface area contributed by atoms with E-state index in [4.69, 9.17) is 0 Å². The normalized spacial score (nSPS) is 18.1. The highest BCUT2D eigenvalue weighted by Gasteiger charge is 2.27. The zero-order valence-electron chi connectivity index (χ0n) is 14.6. The van der Waals surface area contributed by atoms with E-state index in [0.29, 0.717) is 31.8 Å². The monoisotopic (exact) mass is 355 g/mol. The second-order valence-electron chi connectivity index (χ2n) is 7.23. The second kappa shape index (κ2) is 7.02. The molecule has 0 N–H and O–H groups in total. The minimum atomic E-state index is -0.189.